The summed E-state index contributed by atoms with van der Waals surface area (Å²) in [4.78, 5) is 12.4. The van der Waals surface area contributed by atoms with E-state index < -0.39 is 0 Å². The van der Waals surface area contributed by atoms with E-state index in [9.17, 15) is 4.79 Å². The van der Waals surface area contributed by atoms with Gasteiger partial charge >= 0.3 is 0 Å². The molecule has 2 aliphatic heterocycles. The van der Waals surface area contributed by atoms with Crippen LogP contribution in [-0.2, 0) is 9.53 Å². The van der Waals surface area contributed by atoms with Crippen LogP contribution in [0, 0.1) is 0 Å². The van der Waals surface area contributed by atoms with Crippen molar-refractivity contribution < 1.29 is 9.53 Å². The maximum atomic E-state index is 12.4. The summed E-state index contributed by atoms with van der Waals surface area (Å²) in [6.45, 7) is 8.07. The predicted octanol–water partition coefficient (Wildman–Crippen LogP) is 1.98. The van der Waals surface area contributed by atoms with E-state index in [4.69, 9.17) is 4.74 Å². The van der Waals surface area contributed by atoms with E-state index in [1.165, 1.54) is 0 Å². The van der Waals surface area contributed by atoms with Gasteiger partial charge in [-0.3, -0.25) is 4.79 Å². The summed E-state index contributed by atoms with van der Waals surface area (Å²) in [5, 5.41) is 6.57. The van der Waals surface area contributed by atoms with E-state index in [0.717, 1.165) is 51.7 Å². The molecule has 0 aromatic carbocycles. The molecule has 4 nitrogen and oxygen atoms in total. The fraction of sp³-hybridized carbons (Fsp3) is 0.933. The van der Waals surface area contributed by atoms with E-state index >= 15 is 0 Å². The number of ether oxygens (including phenoxy) is 1. The Balaban J connectivity index is 1.93. The van der Waals surface area contributed by atoms with Gasteiger partial charge < -0.3 is 15.4 Å². The average Bonchev–Trinajstić information content (AvgIpc) is 2.87. The summed E-state index contributed by atoms with van der Waals surface area (Å²) in [6, 6.07) is 0.264. The van der Waals surface area contributed by atoms with Crippen LogP contribution in [-0.4, -0.2) is 36.2 Å². The lowest BCUT2D eigenvalue weighted by Gasteiger charge is -2.41. The Bertz CT molecular complexity index is 320. The van der Waals surface area contributed by atoms with Gasteiger partial charge in [-0.15, -0.1) is 0 Å². The summed E-state index contributed by atoms with van der Waals surface area (Å²) in [5.41, 5.74) is -0.389. The number of amides is 1. The molecular weight excluding hydrogens is 240 g/mol. The molecule has 0 aromatic rings. The molecule has 0 bridgehead atoms. The van der Waals surface area contributed by atoms with Gasteiger partial charge in [-0.2, -0.15) is 0 Å². The van der Waals surface area contributed by atoms with Crippen molar-refractivity contribution >= 4 is 5.91 Å². The zero-order chi connectivity index (χ0) is 13.9. The molecule has 2 unspecified atom stereocenters. The van der Waals surface area contributed by atoms with Crippen LogP contribution < -0.4 is 10.6 Å². The van der Waals surface area contributed by atoms with Crippen molar-refractivity contribution in [1.82, 2.24) is 10.6 Å². The molecule has 0 spiro atoms. The van der Waals surface area contributed by atoms with Crippen molar-refractivity contribution in [3.05, 3.63) is 0 Å². The van der Waals surface area contributed by atoms with Crippen LogP contribution in [0.1, 0.15) is 59.3 Å². The van der Waals surface area contributed by atoms with Crippen molar-refractivity contribution in [2.45, 2.75) is 76.5 Å². The van der Waals surface area contributed by atoms with Gasteiger partial charge in [0.25, 0.3) is 0 Å². The highest BCUT2D eigenvalue weighted by atomic mass is 16.5. The van der Waals surface area contributed by atoms with Gasteiger partial charge in [0.15, 0.2) is 0 Å². The Morgan fingerprint density at radius 3 is 2.74 bits per heavy atom. The predicted molar refractivity (Wildman–Crippen MR) is 76.1 cm³/mol. The lowest BCUT2D eigenvalue weighted by atomic mass is 9.85. The molecular formula is C15H28N2O2. The summed E-state index contributed by atoms with van der Waals surface area (Å²) in [7, 11) is 0. The molecule has 1 amide bonds. The Labute approximate surface area is 116 Å². The highest BCUT2D eigenvalue weighted by molar-refractivity contribution is 5.86. The molecule has 2 atom stereocenters. The molecule has 2 N–H and O–H groups in total. The summed E-state index contributed by atoms with van der Waals surface area (Å²) in [6.07, 6.45) is 5.95. The summed E-state index contributed by atoms with van der Waals surface area (Å²) in [5.74, 6) is 0.165. The van der Waals surface area contributed by atoms with E-state index in [1.54, 1.807) is 0 Å². The van der Waals surface area contributed by atoms with Crippen LogP contribution in [0.2, 0.25) is 0 Å². The monoisotopic (exact) mass is 268 g/mol. The topological polar surface area (TPSA) is 50.4 Å². The maximum absolute atomic E-state index is 12.4. The fourth-order valence-electron chi connectivity index (χ4n) is 3.33. The van der Waals surface area contributed by atoms with Gasteiger partial charge in [0.05, 0.1) is 11.1 Å². The number of nitrogens with one attached hydrogen (secondary N) is 2. The lowest BCUT2D eigenvalue weighted by molar-refractivity contribution is -0.131. The molecule has 4 heteroatoms. The number of carbonyl (C=O) groups excluding carboxylic acids is 1. The Kier molecular flexibility index (Phi) is 4.51. The minimum Gasteiger partial charge on any atom is -0.375 e. The van der Waals surface area contributed by atoms with E-state index in [1.807, 2.05) is 6.92 Å². The highest BCUT2D eigenvalue weighted by Gasteiger charge is 2.40. The highest BCUT2D eigenvalue weighted by Crippen LogP contribution is 2.31. The molecule has 0 saturated carbocycles. The first-order chi connectivity index (χ1) is 9.03. The standard InChI is InChI=1S/C15H28N2O2/c1-4-15(5-2)11-12(7-10-19-15)17-13(18)14(3)8-6-9-16-14/h12,16H,4-11H2,1-3H3,(H,17,18). The first kappa shape index (κ1) is 14.8. The van der Waals surface area contributed by atoms with Crippen LogP contribution in [0.4, 0.5) is 0 Å². The molecule has 0 radical (unpaired) electrons. The number of rotatable bonds is 4. The van der Waals surface area contributed by atoms with Crippen molar-refractivity contribution in [2.24, 2.45) is 0 Å². The molecule has 2 heterocycles. The van der Waals surface area contributed by atoms with Crippen molar-refractivity contribution in [3.8, 4) is 0 Å². The number of hydrogen-bond acceptors (Lipinski definition) is 3. The Hall–Kier alpha value is -0.610. The zero-order valence-electron chi connectivity index (χ0n) is 12.6. The number of carbonyl (C=O) groups is 1. The fourth-order valence-corrected chi connectivity index (χ4v) is 3.33. The van der Waals surface area contributed by atoms with Crippen molar-refractivity contribution in [1.29, 1.82) is 0 Å². The van der Waals surface area contributed by atoms with Gasteiger partial charge in [-0.1, -0.05) is 13.8 Å². The second kappa shape index (κ2) is 5.80. The SMILES string of the molecule is CCC1(CC)CC(NC(=O)C2(C)CCCN2)CCO1. The van der Waals surface area contributed by atoms with Crippen LogP contribution >= 0.6 is 0 Å². The third-order valence-electron chi connectivity index (χ3n) is 4.99. The van der Waals surface area contributed by atoms with Gasteiger partial charge in [0.1, 0.15) is 0 Å². The van der Waals surface area contributed by atoms with Gasteiger partial charge in [-0.05, 0) is 52.0 Å². The largest absolute Gasteiger partial charge is 0.375 e. The van der Waals surface area contributed by atoms with Gasteiger partial charge in [0.2, 0.25) is 5.91 Å². The molecule has 0 aromatic heterocycles. The molecule has 2 aliphatic rings. The minimum atomic E-state index is -0.362. The normalized spacial score (nSPS) is 34.2. The van der Waals surface area contributed by atoms with Crippen LogP contribution in [0.3, 0.4) is 0 Å². The first-order valence-electron chi connectivity index (χ1n) is 7.73. The Morgan fingerprint density at radius 1 is 1.42 bits per heavy atom. The third kappa shape index (κ3) is 3.11. The molecule has 2 rings (SSSR count). The third-order valence-corrected chi connectivity index (χ3v) is 4.99. The van der Waals surface area contributed by atoms with Gasteiger partial charge in [-0.25, -0.2) is 0 Å². The van der Waals surface area contributed by atoms with Crippen LogP contribution in [0.5, 0.6) is 0 Å². The molecule has 19 heavy (non-hydrogen) atoms. The second-order valence-corrected chi connectivity index (χ2v) is 6.26. The molecule has 110 valence electrons. The number of hydrogen-bond donors (Lipinski definition) is 2. The average molecular weight is 268 g/mol. The minimum absolute atomic E-state index is 0.0276. The lowest BCUT2D eigenvalue weighted by Crippen LogP contribution is -2.56. The van der Waals surface area contributed by atoms with Crippen molar-refractivity contribution in [3.63, 3.8) is 0 Å². The van der Waals surface area contributed by atoms with E-state index in [0.29, 0.717) is 0 Å². The Morgan fingerprint density at radius 2 is 2.16 bits per heavy atom. The molecule has 0 aliphatic carbocycles. The first-order valence-corrected chi connectivity index (χ1v) is 7.73. The maximum Gasteiger partial charge on any atom is 0.240 e. The van der Waals surface area contributed by atoms with E-state index in [-0.39, 0.29) is 23.1 Å². The smallest absolute Gasteiger partial charge is 0.240 e. The quantitative estimate of drug-likeness (QED) is 0.820. The zero-order valence-corrected chi connectivity index (χ0v) is 12.6. The van der Waals surface area contributed by atoms with Crippen molar-refractivity contribution in [2.75, 3.05) is 13.2 Å². The van der Waals surface area contributed by atoms with E-state index in [2.05, 4.69) is 24.5 Å². The van der Waals surface area contributed by atoms with Gasteiger partial charge in [0, 0.05) is 12.6 Å². The second-order valence-electron chi connectivity index (χ2n) is 6.26. The van der Waals surface area contributed by atoms with Crippen LogP contribution in [0.15, 0.2) is 0 Å². The summed E-state index contributed by atoms with van der Waals surface area (Å²) >= 11 is 0. The summed E-state index contributed by atoms with van der Waals surface area (Å²) < 4.78 is 5.96. The van der Waals surface area contributed by atoms with Crippen LogP contribution in [0.25, 0.3) is 0 Å². The molecule has 2 saturated heterocycles. The molecule has 2 fully saturated rings.